The van der Waals surface area contributed by atoms with E-state index in [-0.39, 0.29) is 24.9 Å². The maximum atomic E-state index is 13.1. The highest BCUT2D eigenvalue weighted by atomic mass is 19.1. The Balaban J connectivity index is 1.83. The smallest absolute Gasteiger partial charge is 0.270 e. The first-order chi connectivity index (χ1) is 11.9. The Morgan fingerprint density at radius 2 is 2.04 bits per heavy atom. The lowest BCUT2D eigenvalue weighted by atomic mass is 9.73. The number of piperidine rings is 1. The predicted molar refractivity (Wildman–Crippen MR) is 91.6 cm³/mol. The third kappa shape index (κ3) is 3.45. The van der Waals surface area contributed by atoms with E-state index in [1.165, 1.54) is 12.1 Å². The number of aliphatic hydroxyl groups is 2. The largest absolute Gasteiger partial charge is 0.396 e. The molecule has 1 aromatic carbocycles. The number of aromatic nitrogens is 1. The van der Waals surface area contributed by atoms with Crippen LogP contribution in [0.5, 0.6) is 0 Å². The molecule has 0 radical (unpaired) electrons. The molecule has 1 aromatic heterocycles. The molecule has 0 unspecified atom stereocenters. The summed E-state index contributed by atoms with van der Waals surface area (Å²) in [6.07, 6.45) is 1.86. The van der Waals surface area contributed by atoms with Crippen LogP contribution >= 0.6 is 0 Å². The van der Waals surface area contributed by atoms with Gasteiger partial charge in [0.05, 0.1) is 12.7 Å². The Labute approximate surface area is 146 Å². The zero-order chi connectivity index (χ0) is 18.0. The number of aryl methyl sites for hydroxylation is 1. The van der Waals surface area contributed by atoms with Crippen molar-refractivity contribution in [2.45, 2.75) is 18.9 Å². The molecular formula is C19H23FN2O3. The summed E-state index contributed by atoms with van der Waals surface area (Å²) in [6.45, 7) is 0.449. The number of likely N-dealkylation sites (tertiary alicyclic amines) is 1. The monoisotopic (exact) mass is 346 g/mol. The van der Waals surface area contributed by atoms with Crippen molar-refractivity contribution in [3.8, 4) is 0 Å². The second-order valence-electron chi connectivity index (χ2n) is 6.86. The fourth-order valence-electron chi connectivity index (χ4n) is 3.56. The average Bonchev–Trinajstić information content (AvgIpc) is 3.04. The zero-order valence-electron chi connectivity index (χ0n) is 14.2. The van der Waals surface area contributed by atoms with E-state index in [4.69, 9.17) is 0 Å². The maximum absolute atomic E-state index is 13.1. The highest BCUT2D eigenvalue weighted by Gasteiger charge is 2.44. The van der Waals surface area contributed by atoms with E-state index in [1.807, 2.05) is 19.3 Å². The Morgan fingerprint density at radius 3 is 2.64 bits per heavy atom. The van der Waals surface area contributed by atoms with Crippen LogP contribution in [0.4, 0.5) is 4.39 Å². The van der Waals surface area contributed by atoms with Crippen molar-refractivity contribution in [1.29, 1.82) is 0 Å². The van der Waals surface area contributed by atoms with Gasteiger partial charge in [-0.2, -0.15) is 0 Å². The molecule has 3 rings (SSSR count). The van der Waals surface area contributed by atoms with E-state index in [2.05, 4.69) is 0 Å². The summed E-state index contributed by atoms with van der Waals surface area (Å²) in [7, 11) is 1.81. The Kier molecular flexibility index (Phi) is 4.92. The summed E-state index contributed by atoms with van der Waals surface area (Å²) >= 11 is 0. The average molecular weight is 346 g/mol. The molecule has 0 spiro atoms. The van der Waals surface area contributed by atoms with Crippen LogP contribution in [0.1, 0.15) is 22.5 Å². The van der Waals surface area contributed by atoms with E-state index in [9.17, 15) is 19.4 Å². The van der Waals surface area contributed by atoms with Crippen molar-refractivity contribution in [3.63, 3.8) is 0 Å². The van der Waals surface area contributed by atoms with Gasteiger partial charge in [-0.3, -0.25) is 4.79 Å². The quantitative estimate of drug-likeness (QED) is 0.884. The highest BCUT2D eigenvalue weighted by molar-refractivity contribution is 5.92. The molecule has 0 bridgehead atoms. The highest BCUT2D eigenvalue weighted by Crippen LogP contribution is 2.34. The molecule has 0 saturated carbocycles. The third-order valence-electron chi connectivity index (χ3n) is 5.12. The van der Waals surface area contributed by atoms with Crippen LogP contribution in [0, 0.1) is 11.2 Å². The van der Waals surface area contributed by atoms with E-state index in [0.717, 1.165) is 5.56 Å². The number of carbonyl (C=O) groups is 1. The molecule has 2 heterocycles. The van der Waals surface area contributed by atoms with Crippen LogP contribution in [0.3, 0.4) is 0 Å². The predicted octanol–water partition coefficient (Wildman–Crippen LogP) is 1.59. The van der Waals surface area contributed by atoms with E-state index in [1.54, 1.807) is 27.7 Å². The molecule has 1 aliphatic rings. The van der Waals surface area contributed by atoms with Gasteiger partial charge in [0.1, 0.15) is 11.5 Å². The summed E-state index contributed by atoms with van der Waals surface area (Å²) in [5.41, 5.74) is 0.546. The third-order valence-corrected chi connectivity index (χ3v) is 5.12. The first kappa shape index (κ1) is 17.6. The van der Waals surface area contributed by atoms with Crippen molar-refractivity contribution in [2.75, 3.05) is 19.7 Å². The van der Waals surface area contributed by atoms with Gasteiger partial charge in [0.2, 0.25) is 0 Å². The second kappa shape index (κ2) is 6.98. The van der Waals surface area contributed by atoms with Crippen LogP contribution in [-0.2, 0) is 13.5 Å². The second-order valence-corrected chi connectivity index (χ2v) is 6.86. The number of hydrogen-bond donors (Lipinski definition) is 2. The standard InChI is InChI=1S/C19H23FN2O3/c1-21-9-2-3-16(21)18(25)22-10-8-17(24)19(12-22,13-23)11-14-4-6-15(20)7-5-14/h2-7,9,17,23-24H,8,10-13H2,1H3/t17-,19-/m0/s1. The minimum absolute atomic E-state index is 0.115. The molecule has 134 valence electrons. The van der Waals surface area contributed by atoms with Gasteiger partial charge >= 0.3 is 0 Å². The van der Waals surface area contributed by atoms with E-state index >= 15 is 0 Å². The minimum atomic E-state index is -0.850. The first-order valence-corrected chi connectivity index (χ1v) is 8.39. The molecule has 2 atom stereocenters. The lowest BCUT2D eigenvalue weighted by Crippen LogP contribution is -2.56. The molecule has 2 aromatic rings. The van der Waals surface area contributed by atoms with Gasteiger partial charge in [0.15, 0.2) is 0 Å². The SMILES string of the molecule is Cn1cccc1C(=O)N1CC[C@H](O)[C@@](CO)(Cc2ccc(F)cc2)C1. The van der Waals surface area contributed by atoms with Crippen LogP contribution in [0.25, 0.3) is 0 Å². The molecule has 0 aliphatic carbocycles. The number of benzene rings is 1. The van der Waals surface area contributed by atoms with Gasteiger partial charge in [0.25, 0.3) is 5.91 Å². The summed E-state index contributed by atoms with van der Waals surface area (Å²) in [5, 5.41) is 20.6. The number of aliphatic hydroxyl groups excluding tert-OH is 2. The van der Waals surface area contributed by atoms with Crippen molar-refractivity contribution >= 4 is 5.91 Å². The van der Waals surface area contributed by atoms with Crippen molar-refractivity contribution < 1.29 is 19.4 Å². The summed E-state index contributed by atoms with van der Waals surface area (Å²) in [4.78, 5) is 14.5. The zero-order valence-corrected chi connectivity index (χ0v) is 14.2. The van der Waals surface area contributed by atoms with E-state index in [0.29, 0.717) is 25.1 Å². The van der Waals surface area contributed by atoms with Gasteiger partial charge in [-0.05, 0) is 42.7 Å². The lowest BCUT2D eigenvalue weighted by molar-refractivity contribution is -0.0670. The fourth-order valence-corrected chi connectivity index (χ4v) is 3.56. The molecule has 2 N–H and O–H groups in total. The molecular weight excluding hydrogens is 323 g/mol. The maximum Gasteiger partial charge on any atom is 0.270 e. The molecule has 1 aliphatic heterocycles. The molecule has 1 fully saturated rings. The summed E-state index contributed by atoms with van der Waals surface area (Å²) < 4.78 is 14.9. The normalized spacial score (nSPS) is 23.7. The molecule has 1 amide bonds. The number of carbonyl (C=O) groups excluding carboxylic acids is 1. The molecule has 1 saturated heterocycles. The van der Waals surface area contributed by atoms with Gasteiger partial charge in [-0.1, -0.05) is 12.1 Å². The molecule has 25 heavy (non-hydrogen) atoms. The van der Waals surface area contributed by atoms with Crippen LogP contribution < -0.4 is 0 Å². The lowest BCUT2D eigenvalue weighted by Gasteiger charge is -2.45. The van der Waals surface area contributed by atoms with Crippen LogP contribution in [0.2, 0.25) is 0 Å². The van der Waals surface area contributed by atoms with Crippen molar-refractivity contribution in [1.82, 2.24) is 9.47 Å². The van der Waals surface area contributed by atoms with Crippen LogP contribution in [0.15, 0.2) is 42.6 Å². The summed E-state index contributed by atoms with van der Waals surface area (Å²) in [5.74, 6) is -0.442. The first-order valence-electron chi connectivity index (χ1n) is 8.39. The Hall–Kier alpha value is -2.18. The van der Waals surface area contributed by atoms with Crippen molar-refractivity contribution in [2.24, 2.45) is 12.5 Å². The Bertz CT molecular complexity index is 743. The number of nitrogens with zero attached hydrogens (tertiary/aromatic N) is 2. The number of rotatable bonds is 4. The topological polar surface area (TPSA) is 65.7 Å². The number of hydrogen-bond acceptors (Lipinski definition) is 3. The van der Waals surface area contributed by atoms with E-state index < -0.39 is 11.5 Å². The van der Waals surface area contributed by atoms with Crippen LogP contribution in [-0.4, -0.2) is 51.4 Å². The minimum Gasteiger partial charge on any atom is -0.396 e. The number of halogens is 1. The van der Waals surface area contributed by atoms with Gasteiger partial charge < -0.3 is 19.7 Å². The molecule has 6 heteroatoms. The molecule has 5 nitrogen and oxygen atoms in total. The van der Waals surface area contributed by atoms with Gasteiger partial charge in [-0.25, -0.2) is 4.39 Å². The van der Waals surface area contributed by atoms with Gasteiger partial charge in [-0.15, -0.1) is 0 Å². The Morgan fingerprint density at radius 1 is 1.32 bits per heavy atom. The van der Waals surface area contributed by atoms with Gasteiger partial charge in [0, 0.05) is 31.7 Å². The fraction of sp³-hybridized carbons (Fsp3) is 0.421. The summed E-state index contributed by atoms with van der Waals surface area (Å²) in [6, 6.07) is 9.59. The van der Waals surface area contributed by atoms with Crippen molar-refractivity contribution in [3.05, 3.63) is 59.7 Å². The number of amides is 1.